The van der Waals surface area contributed by atoms with Crippen LogP contribution in [0.2, 0.25) is 0 Å². The van der Waals surface area contributed by atoms with Gasteiger partial charge in [0.25, 0.3) is 0 Å². The lowest BCUT2D eigenvalue weighted by atomic mass is 9.79. The van der Waals surface area contributed by atoms with Crippen molar-refractivity contribution >= 4 is 5.69 Å². The summed E-state index contributed by atoms with van der Waals surface area (Å²) in [6, 6.07) is 4.34. The Morgan fingerprint density at radius 3 is 2.91 bits per heavy atom. The first-order chi connectivity index (χ1) is 10.6. The van der Waals surface area contributed by atoms with Gasteiger partial charge in [0, 0.05) is 30.4 Å². The third-order valence-electron chi connectivity index (χ3n) is 4.60. The van der Waals surface area contributed by atoms with Gasteiger partial charge >= 0.3 is 0 Å². The Morgan fingerprint density at radius 1 is 1.45 bits per heavy atom. The van der Waals surface area contributed by atoms with Gasteiger partial charge in [0.15, 0.2) is 0 Å². The van der Waals surface area contributed by atoms with E-state index in [2.05, 4.69) is 15.6 Å². The second-order valence-corrected chi connectivity index (χ2v) is 6.50. The van der Waals surface area contributed by atoms with Crippen molar-refractivity contribution in [1.82, 2.24) is 10.3 Å². The zero-order valence-corrected chi connectivity index (χ0v) is 12.9. The normalized spacial score (nSPS) is 28.4. The predicted molar refractivity (Wildman–Crippen MR) is 88.0 cm³/mol. The van der Waals surface area contributed by atoms with Crippen LogP contribution in [0.5, 0.6) is 0 Å². The SMILES string of the molecule is CC1(CNc2cccnc2)C=C(N)C(NC2CCC2)=CC1O. The molecule has 0 bridgehead atoms. The first-order valence-electron chi connectivity index (χ1n) is 7.86. The Morgan fingerprint density at radius 2 is 2.27 bits per heavy atom. The van der Waals surface area contributed by atoms with Crippen LogP contribution in [0.1, 0.15) is 26.2 Å². The summed E-state index contributed by atoms with van der Waals surface area (Å²) < 4.78 is 0. The van der Waals surface area contributed by atoms with Crippen LogP contribution in [0, 0.1) is 5.41 Å². The van der Waals surface area contributed by atoms with Crippen molar-refractivity contribution in [2.45, 2.75) is 38.3 Å². The highest BCUT2D eigenvalue weighted by Gasteiger charge is 2.34. The number of rotatable bonds is 5. The van der Waals surface area contributed by atoms with Crippen molar-refractivity contribution in [2.24, 2.45) is 11.1 Å². The maximum atomic E-state index is 10.5. The summed E-state index contributed by atoms with van der Waals surface area (Å²) in [5, 5.41) is 17.3. The number of anilines is 1. The van der Waals surface area contributed by atoms with E-state index in [1.165, 1.54) is 19.3 Å². The van der Waals surface area contributed by atoms with Crippen LogP contribution in [0.15, 0.2) is 48.1 Å². The van der Waals surface area contributed by atoms with E-state index in [4.69, 9.17) is 5.73 Å². The molecular formula is C17H24N4O. The molecule has 2 atom stereocenters. The smallest absolute Gasteiger partial charge is 0.0850 e. The van der Waals surface area contributed by atoms with E-state index in [1.54, 1.807) is 12.4 Å². The third kappa shape index (κ3) is 3.09. The highest BCUT2D eigenvalue weighted by Crippen LogP contribution is 2.32. The van der Waals surface area contributed by atoms with Gasteiger partial charge in [-0.05, 0) is 43.5 Å². The number of hydrogen-bond acceptors (Lipinski definition) is 5. The molecule has 5 N–H and O–H groups in total. The standard InChI is InChI=1S/C17H24N4O/c1-17(11-20-13-6-3-7-19-10-13)9-14(18)15(8-16(17)22)21-12-4-2-5-12/h3,6-10,12,16,20-22H,2,4-5,11,18H2,1H3. The van der Waals surface area contributed by atoms with Gasteiger partial charge in [0.1, 0.15) is 0 Å². The molecule has 2 aliphatic carbocycles. The highest BCUT2D eigenvalue weighted by molar-refractivity contribution is 5.42. The number of pyridine rings is 1. The Balaban J connectivity index is 1.66. The molecule has 3 rings (SSSR count). The van der Waals surface area contributed by atoms with Crippen LogP contribution in [0.4, 0.5) is 5.69 Å². The van der Waals surface area contributed by atoms with Crippen LogP contribution in [-0.2, 0) is 0 Å². The molecule has 1 aromatic heterocycles. The Kier molecular flexibility index (Phi) is 4.07. The Hall–Kier alpha value is -2.01. The van der Waals surface area contributed by atoms with Crippen molar-refractivity contribution in [3.05, 3.63) is 48.1 Å². The van der Waals surface area contributed by atoms with Gasteiger partial charge in [-0.15, -0.1) is 0 Å². The summed E-state index contributed by atoms with van der Waals surface area (Å²) >= 11 is 0. The largest absolute Gasteiger partial charge is 0.397 e. The summed E-state index contributed by atoms with van der Waals surface area (Å²) in [4.78, 5) is 4.08. The fourth-order valence-electron chi connectivity index (χ4n) is 2.78. The molecule has 5 nitrogen and oxygen atoms in total. The fourth-order valence-corrected chi connectivity index (χ4v) is 2.78. The highest BCUT2D eigenvalue weighted by atomic mass is 16.3. The van der Waals surface area contributed by atoms with Crippen molar-refractivity contribution in [1.29, 1.82) is 0 Å². The van der Waals surface area contributed by atoms with E-state index >= 15 is 0 Å². The molecule has 2 aliphatic rings. The quantitative estimate of drug-likeness (QED) is 0.666. The molecule has 118 valence electrons. The van der Waals surface area contributed by atoms with Gasteiger partial charge in [-0.2, -0.15) is 0 Å². The van der Waals surface area contributed by atoms with Crippen molar-refractivity contribution in [3.8, 4) is 0 Å². The van der Waals surface area contributed by atoms with E-state index in [1.807, 2.05) is 31.2 Å². The number of nitrogens with zero attached hydrogens (tertiary/aromatic N) is 1. The molecule has 0 aliphatic heterocycles. The van der Waals surface area contributed by atoms with Crippen LogP contribution < -0.4 is 16.4 Å². The molecule has 0 aromatic carbocycles. The lowest BCUT2D eigenvalue weighted by molar-refractivity contribution is 0.116. The molecule has 0 spiro atoms. The summed E-state index contributed by atoms with van der Waals surface area (Å²) in [5.74, 6) is 0. The summed E-state index contributed by atoms with van der Waals surface area (Å²) in [7, 11) is 0. The van der Waals surface area contributed by atoms with E-state index in [0.717, 1.165) is 11.4 Å². The average molecular weight is 300 g/mol. The zero-order valence-electron chi connectivity index (χ0n) is 12.9. The zero-order chi connectivity index (χ0) is 15.6. The van der Waals surface area contributed by atoms with E-state index in [9.17, 15) is 5.11 Å². The Bertz CT molecular complexity index is 580. The second-order valence-electron chi connectivity index (χ2n) is 6.50. The fraction of sp³-hybridized carbons (Fsp3) is 0.471. The van der Waals surface area contributed by atoms with E-state index in [0.29, 0.717) is 18.3 Å². The van der Waals surface area contributed by atoms with Gasteiger partial charge < -0.3 is 21.5 Å². The minimum atomic E-state index is -0.577. The minimum absolute atomic E-state index is 0.440. The van der Waals surface area contributed by atoms with E-state index in [-0.39, 0.29) is 0 Å². The molecule has 22 heavy (non-hydrogen) atoms. The molecule has 1 fully saturated rings. The number of nitrogens with two attached hydrogens (primary N) is 1. The molecule has 0 radical (unpaired) electrons. The van der Waals surface area contributed by atoms with Gasteiger partial charge in [-0.1, -0.05) is 6.92 Å². The van der Waals surface area contributed by atoms with Gasteiger partial charge in [-0.25, -0.2) is 0 Å². The number of hydrogen-bond donors (Lipinski definition) is 4. The molecule has 5 heteroatoms. The summed E-state index contributed by atoms with van der Waals surface area (Å²) in [6.45, 7) is 2.60. The second kappa shape index (κ2) is 6.01. The van der Waals surface area contributed by atoms with Crippen molar-refractivity contribution in [2.75, 3.05) is 11.9 Å². The summed E-state index contributed by atoms with van der Waals surface area (Å²) in [6.07, 6.45) is 10.4. The topological polar surface area (TPSA) is 83.2 Å². The molecular weight excluding hydrogens is 276 g/mol. The molecule has 1 aromatic rings. The van der Waals surface area contributed by atoms with Crippen LogP contribution in [0.25, 0.3) is 0 Å². The summed E-state index contributed by atoms with van der Waals surface area (Å²) in [5.41, 5.74) is 8.27. The lowest BCUT2D eigenvalue weighted by Crippen LogP contribution is -2.43. The minimum Gasteiger partial charge on any atom is -0.397 e. The van der Waals surface area contributed by atoms with Crippen molar-refractivity contribution < 1.29 is 5.11 Å². The monoisotopic (exact) mass is 300 g/mol. The number of aliphatic hydroxyl groups excluding tert-OH is 1. The van der Waals surface area contributed by atoms with Crippen LogP contribution in [-0.4, -0.2) is 28.8 Å². The molecule has 0 amide bonds. The number of aromatic nitrogens is 1. The van der Waals surface area contributed by atoms with Crippen LogP contribution >= 0.6 is 0 Å². The predicted octanol–water partition coefficient (Wildman–Crippen LogP) is 1.74. The van der Waals surface area contributed by atoms with Gasteiger partial charge in [-0.3, -0.25) is 4.98 Å². The first kappa shape index (κ1) is 14.9. The van der Waals surface area contributed by atoms with Gasteiger partial charge in [0.05, 0.1) is 23.2 Å². The first-order valence-corrected chi connectivity index (χ1v) is 7.86. The molecule has 1 saturated carbocycles. The van der Waals surface area contributed by atoms with E-state index < -0.39 is 11.5 Å². The third-order valence-corrected chi connectivity index (χ3v) is 4.60. The lowest BCUT2D eigenvalue weighted by Gasteiger charge is -2.37. The molecule has 1 heterocycles. The van der Waals surface area contributed by atoms with Crippen LogP contribution in [0.3, 0.4) is 0 Å². The number of aliphatic hydroxyl groups is 1. The molecule has 0 saturated heterocycles. The maximum Gasteiger partial charge on any atom is 0.0850 e. The van der Waals surface area contributed by atoms with Gasteiger partial charge in [0.2, 0.25) is 0 Å². The number of nitrogens with one attached hydrogen (secondary N) is 2. The maximum absolute atomic E-state index is 10.5. The molecule has 2 unspecified atom stereocenters. The Labute approximate surface area is 131 Å². The average Bonchev–Trinajstić information content (AvgIpc) is 2.47. The van der Waals surface area contributed by atoms with Crippen molar-refractivity contribution in [3.63, 3.8) is 0 Å².